The first-order valence-corrected chi connectivity index (χ1v) is 7.34. The predicted octanol–water partition coefficient (Wildman–Crippen LogP) is 1.32. The van der Waals surface area contributed by atoms with Gasteiger partial charge in [0, 0.05) is 11.6 Å². The largest absolute Gasteiger partial charge is 0.490 e. The fourth-order valence-electron chi connectivity index (χ4n) is 1.90. The molecule has 0 aliphatic carbocycles. The number of hydrazone groups is 1. The molecule has 0 aliphatic rings. The van der Waals surface area contributed by atoms with Gasteiger partial charge in [0.15, 0.2) is 5.75 Å². The van der Waals surface area contributed by atoms with Gasteiger partial charge >= 0.3 is 5.69 Å². The summed E-state index contributed by atoms with van der Waals surface area (Å²) in [6.45, 7) is 4.06. The first-order chi connectivity index (χ1) is 12.0. The summed E-state index contributed by atoms with van der Waals surface area (Å²) < 4.78 is 10.8. The number of nitrogens with one attached hydrogen (secondary N) is 2. The quantitative estimate of drug-likeness (QED) is 0.413. The molecular weight excluding hydrogens is 332 g/mol. The fourth-order valence-corrected chi connectivity index (χ4v) is 1.90. The number of hydrogen-bond acceptors (Lipinski definition) is 9. The number of rotatable bonds is 8. The Labute approximate surface area is 141 Å². The van der Waals surface area contributed by atoms with Crippen molar-refractivity contribution < 1.29 is 14.4 Å². The van der Waals surface area contributed by atoms with Crippen molar-refractivity contribution in [2.24, 2.45) is 5.10 Å². The number of anilines is 1. The minimum absolute atomic E-state index is 0.0363. The minimum Gasteiger partial charge on any atom is -0.490 e. The number of aromatic amines is 1. The molecule has 0 bridgehead atoms. The maximum atomic E-state index is 11.3. The van der Waals surface area contributed by atoms with Crippen LogP contribution in [0.5, 0.6) is 11.5 Å². The molecular formula is C14H16N6O5. The molecule has 0 spiro atoms. The maximum Gasteiger partial charge on any atom is 0.315 e. The van der Waals surface area contributed by atoms with Crippen molar-refractivity contribution in [2.45, 2.75) is 13.8 Å². The average molecular weight is 348 g/mol. The van der Waals surface area contributed by atoms with Crippen LogP contribution in [0, 0.1) is 10.1 Å². The molecule has 0 fully saturated rings. The van der Waals surface area contributed by atoms with Crippen LogP contribution >= 0.6 is 0 Å². The molecule has 25 heavy (non-hydrogen) atoms. The lowest BCUT2D eigenvalue weighted by Gasteiger charge is -2.11. The summed E-state index contributed by atoms with van der Waals surface area (Å²) in [6, 6.07) is 2.87. The Morgan fingerprint density at radius 1 is 1.36 bits per heavy atom. The van der Waals surface area contributed by atoms with E-state index in [2.05, 4.69) is 25.7 Å². The highest BCUT2D eigenvalue weighted by Gasteiger charge is 2.22. The minimum atomic E-state index is -0.557. The molecule has 0 radical (unpaired) electrons. The molecule has 2 rings (SSSR count). The lowest BCUT2D eigenvalue weighted by atomic mass is 10.2. The molecule has 1 aromatic heterocycles. The van der Waals surface area contributed by atoms with Gasteiger partial charge in [0.1, 0.15) is 6.20 Å². The van der Waals surface area contributed by atoms with Crippen LogP contribution in [0.3, 0.4) is 0 Å². The topological polar surface area (TPSA) is 145 Å². The van der Waals surface area contributed by atoms with Crippen LogP contribution in [-0.2, 0) is 0 Å². The zero-order chi connectivity index (χ0) is 18.2. The summed E-state index contributed by atoms with van der Waals surface area (Å²) in [5.74, 6) is 0.347. The van der Waals surface area contributed by atoms with E-state index in [0.717, 1.165) is 6.20 Å². The van der Waals surface area contributed by atoms with Gasteiger partial charge in [-0.05, 0) is 19.9 Å². The molecule has 11 nitrogen and oxygen atoms in total. The molecule has 2 aromatic rings. The van der Waals surface area contributed by atoms with Crippen molar-refractivity contribution in [3.8, 4) is 11.5 Å². The Kier molecular flexibility index (Phi) is 5.98. The van der Waals surface area contributed by atoms with E-state index in [1.54, 1.807) is 19.9 Å². The molecule has 0 amide bonds. The van der Waals surface area contributed by atoms with Crippen molar-refractivity contribution in [1.29, 1.82) is 0 Å². The average Bonchev–Trinajstić information content (AvgIpc) is 2.57. The lowest BCUT2D eigenvalue weighted by molar-refractivity contribution is -0.385. The molecule has 132 valence electrons. The van der Waals surface area contributed by atoms with Crippen molar-refractivity contribution in [3.63, 3.8) is 0 Å². The SMILES string of the molecule is CCOc1cc(/C=N/Nc2nncc(=O)[nH]2)cc([N+](=O)[O-])c1OCC. The molecule has 1 aromatic carbocycles. The smallest absolute Gasteiger partial charge is 0.315 e. The second-order valence-electron chi connectivity index (χ2n) is 4.54. The van der Waals surface area contributed by atoms with Gasteiger partial charge in [-0.3, -0.25) is 19.9 Å². The Bertz CT molecular complexity index is 835. The van der Waals surface area contributed by atoms with Crippen LogP contribution in [0.1, 0.15) is 19.4 Å². The number of H-pyrrole nitrogens is 1. The van der Waals surface area contributed by atoms with Crippen LogP contribution in [-0.4, -0.2) is 39.5 Å². The van der Waals surface area contributed by atoms with Crippen LogP contribution in [0.15, 0.2) is 28.2 Å². The van der Waals surface area contributed by atoms with Gasteiger partial charge < -0.3 is 9.47 Å². The highest BCUT2D eigenvalue weighted by Crippen LogP contribution is 2.38. The zero-order valence-electron chi connectivity index (χ0n) is 13.6. The Morgan fingerprint density at radius 2 is 2.12 bits per heavy atom. The number of nitro benzene ring substituents is 1. The third kappa shape index (κ3) is 4.73. The normalized spacial score (nSPS) is 10.6. The molecule has 0 aliphatic heterocycles. The highest BCUT2D eigenvalue weighted by atomic mass is 16.6. The highest BCUT2D eigenvalue weighted by molar-refractivity contribution is 5.83. The first kappa shape index (κ1) is 17.8. The summed E-state index contributed by atoms with van der Waals surface area (Å²) >= 11 is 0. The van der Waals surface area contributed by atoms with E-state index in [4.69, 9.17) is 9.47 Å². The second-order valence-corrected chi connectivity index (χ2v) is 4.54. The van der Waals surface area contributed by atoms with E-state index >= 15 is 0 Å². The molecule has 0 saturated carbocycles. The van der Waals surface area contributed by atoms with Crippen molar-refractivity contribution in [1.82, 2.24) is 15.2 Å². The monoisotopic (exact) mass is 348 g/mol. The van der Waals surface area contributed by atoms with E-state index in [1.165, 1.54) is 12.3 Å². The molecule has 0 unspecified atom stereocenters. The van der Waals surface area contributed by atoms with E-state index in [1.807, 2.05) is 0 Å². The first-order valence-electron chi connectivity index (χ1n) is 7.34. The van der Waals surface area contributed by atoms with E-state index in [-0.39, 0.29) is 29.7 Å². The number of nitrogens with zero attached hydrogens (tertiary/aromatic N) is 4. The molecule has 1 heterocycles. The number of nitro groups is 1. The third-order valence-corrected chi connectivity index (χ3v) is 2.80. The summed E-state index contributed by atoms with van der Waals surface area (Å²) in [4.78, 5) is 24.2. The van der Waals surface area contributed by atoms with E-state index < -0.39 is 10.5 Å². The van der Waals surface area contributed by atoms with Crippen molar-refractivity contribution >= 4 is 17.9 Å². The van der Waals surface area contributed by atoms with Crippen LogP contribution in [0.4, 0.5) is 11.6 Å². The number of benzene rings is 1. The fraction of sp³-hybridized carbons (Fsp3) is 0.286. The van der Waals surface area contributed by atoms with Crippen LogP contribution in [0.25, 0.3) is 0 Å². The summed E-state index contributed by atoms with van der Waals surface area (Å²) in [6.07, 6.45) is 2.33. The molecule has 0 atom stereocenters. The van der Waals surface area contributed by atoms with E-state index in [0.29, 0.717) is 12.2 Å². The van der Waals surface area contributed by atoms with Gasteiger partial charge in [0.05, 0.1) is 24.4 Å². The molecule has 11 heteroatoms. The van der Waals surface area contributed by atoms with Crippen molar-refractivity contribution in [3.05, 3.63) is 44.4 Å². The third-order valence-electron chi connectivity index (χ3n) is 2.80. The van der Waals surface area contributed by atoms with Gasteiger partial charge in [-0.25, -0.2) is 5.43 Å². The van der Waals surface area contributed by atoms with Gasteiger partial charge in [0.2, 0.25) is 11.7 Å². The number of hydrogen-bond donors (Lipinski definition) is 2. The molecule has 2 N–H and O–H groups in total. The van der Waals surface area contributed by atoms with Crippen LogP contribution in [0.2, 0.25) is 0 Å². The number of ether oxygens (including phenoxy) is 2. The zero-order valence-corrected chi connectivity index (χ0v) is 13.6. The Balaban J connectivity index is 2.31. The Hall–Kier alpha value is -3.50. The van der Waals surface area contributed by atoms with Crippen LogP contribution < -0.4 is 20.5 Å². The molecule has 0 saturated heterocycles. The van der Waals surface area contributed by atoms with E-state index in [9.17, 15) is 14.9 Å². The van der Waals surface area contributed by atoms with Gasteiger partial charge in [0.25, 0.3) is 5.56 Å². The van der Waals surface area contributed by atoms with Crippen molar-refractivity contribution in [2.75, 3.05) is 18.6 Å². The summed E-state index contributed by atoms with van der Waals surface area (Å²) in [5.41, 5.74) is 2.20. The lowest BCUT2D eigenvalue weighted by Crippen LogP contribution is -2.10. The maximum absolute atomic E-state index is 11.3. The summed E-state index contributed by atoms with van der Waals surface area (Å²) in [5, 5.41) is 22.2. The van der Waals surface area contributed by atoms with Gasteiger partial charge in [-0.1, -0.05) is 0 Å². The Morgan fingerprint density at radius 3 is 2.76 bits per heavy atom. The van der Waals surface area contributed by atoms with Gasteiger partial charge in [-0.2, -0.15) is 5.10 Å². The standard InChI is InChI=1S/C14H16N6O5/c1-3-24-11-6-9(5-10(20(22)23)13(11)25-4-2)7-15-18-14-17-12(21)8-16-19-14/h5-8H,3-4H2,1-2H3,(H2,17,18,19,21)/b15-7+. The summed E-state index contributed by atoms with van der Waals surface area (Å²) in [7, 11) is 0. The number of aromatic nitrogens is 3. The van der Waals surface area contributed by atoms with Gasteiger partial charge in [-0.15, -0.1) is 10.2 Å². The second kappa shape index (κ2) is 8.38. The predicted molar refractivity (Wildman–Crippen MR) is 89.3 cm³/mol.